The Balaban J connectivity index is 2.24. The molecule has 1 aromatic heterocycles. The zero-order valence-corrected chi connectivity index (χ0v) is 7.45. The minimum absolute atomic E-state index is 0.194. The summed E-state index contributed by atoms with van der Waals surface area (Å²) < 4.78 is 1.67. The summed E-state index contributed by atoms with van der Waals surface area (Å²) in [5.41, 5.74) is 6.08. The van der Waals surface area contributed by atoms with Crippen LogP contribution in [0.3, 0.4) is 0 Å². The van der Waals surface area contributed by atoms with E-state index in [0.29, 0.717) is 18.8 Å². The van der Waals surface area contributed by atoms with E-state index >= 15 is 0 Å². The number of nitrogens with two attached hydrogens (primary N) is 1. The topological polar surface area (TPSA) is 85.0 Å². The number of urea groups is 1. The van der Waals surface area contributed by atoms with Crippen molar-refractivity contribution in [3.8, 4) is 0 Å². The minimum atomic E-state index is -0.194. The second-order valence-corrected chi connectivity index (χ2v) is 2.54. The van der Waals surface area contributed by atoms with Gasteiger partial charge in [-0.15, -0.1) is 0 Å². The number of anilines is 1. The van der Waals surface area contributed by atoms with Crippen LogP contribution in [0.2, 0.25) is 0 Å². The molecule has 13 heavy (non-hydrogen) atoms. The van der Waals surface area contributed by atoms with Gasteiger partial charge in [0.25, 0.3) is 0 Å². The maximum atomic E-state index is 10.7. The Morgan fingerprint density at radius 2 is 2.54 bits per heavy atom. The van der Waals surface area contributed by atoms with Crippen molar-refractivity contribution in [1.29, 1.82) is 0 Å². The van der Waals surface area contributed by atoms with Gasteiger partial charge in [0.1, 0.15) is 0 Å². The second-order valence-electron chi connectivity index (χ2n) is 2.54. The molecule has 0 saturated carbocycles. The van der Waals surface area contributed by atoms with Gasteiger partial charge in [0.15, 0.2) is 0 Å². The number of nitrogens with one attached hydrogen (secondary N) is 2. The molecule has 0 aromatic carbocycles. The molecule has 0 bridgehead atoms. The summed E-state index contributed by atoms with van der Waals surface area (Å²) in [7, 11) is 1.57. The van der Waals surface area contributed by atoms with Crippen LogP contribution in [0.4, 0.5) is 10.5 Å². The molecular formula is C7H13N5O. The van der Waals surface area contributed by atoms with E-state index in [-0.39, 0.29) is 6.03 Å². The van der Waals surface area contributed by atoms with Gasteiger partial charge in [0, 0.05) is 19.8 Å². The number of carbonyl (C=O) groups excluding carboxylic acids is 1. The van der Waals surface area contributed by atoms with Crippen molar-refractivity contribution in [3.05, 3.63) is 12.4 Å². The highest BCUT2D eigenvalue weighted by Crippen LogP contribution is 1.96. The van der Waals surface area contributed by atoms with Crippen molar-refractivity contribution in [2.45, 2.75) is 6.54 Å². The molecule has 1 rings (SSSR count). The first-order chi connectivity index (χ1) is 6.22. The number of amides is 2. The van der Waals surface area contributed by atoms with Crippen molar-refractivity contribution in [1.82, 2.24) is 20.4 Å². The summed E-state index contributed by atoms with van der Waals surface area (Å²) in [6.45, 7) is 1.14. The minimum Gasteiger partial charge on any atom is -0.396 e. The lowest BCUT2D eigenvalue weighted by atomic mass is 10.6. The third kappa shape index (κ3) is 3.02. The fourth-order valence-corrected chi connectivity index (χ4v) is 0.874. The summed E-state index contributed by atoms with van der Waals surface area (Å²) >= 11 is 0. The Kier molecular flexibility index (Phi) is 3.13. The summed E-state index contributed by atoms with van der Waals surface area (Å²) in [5.74, 6) is 0. The van der Waals surface area contributed by atoms with Crippen molar-refractivity contribution >= 4 is 11.7 Å². The molecule has 0 saturated heterocycles. The van der Waals surface area contributed by atoms with Gasteiger partial charge >= 0.3 is 6.03 Å². The molecule has 1 aromatic rings. The molecule has 0 aliphatic heterocycles. The average molecular weight is 183 g/mol. The van der Waals surface area contributed by atoms with Gasteiger partial charge < -0.3 is 16.4 Å². The normalized spacial score (nSPS) is 9.62. The Hall–Kier alpha value is -1.72. The van der Waals surface area contributed by atoms with Gasteiger partial charge in [-0.1, -0.05) is 0 Å². The van der Waals surface area contributed by atoms with Gasteiger partial charge in [-0.05, 0) is 0 Å². The van der Waals surface area contributed by atoms with Crippen molar-refractivity contribution in [2.24, 2.45) is 0 Å². The molecule has 0 atom stereocenters. The first-order valence-corrected chi connectivity index (χ1v) is 3.96. The van der Waals surface area contributed by atoms with Crippen LogP contribution in [0, 0.1) is 0 Å². The molecule has 0 aliphatic rings. The molecule has 0 unspecified atom stereocenters. The van der Waals surface area contributed by atoms with E-state index in [1.165, 1.54) is 0 Å². The fraction of sp³-hybridized carbons (Fsp3) is 0.429. The number of aromatic nitrogens is 2. The molecule has 2 amide bonds. The standard InChI is InChI=1S/C7H13N5O/c1-9-7(13)10-2-3-12-5-6(8)4-11-12/h4-5H,2-3,8H2,1H3,(H2,9,10,13). The highest BCUT2D eigenvalue weighted by Gasteiger charge is 1.96. The van der Waals surface area contributed by atoms with Crippen LogP contribution in [-0.2, 0) is 6.54 Å². The summed E-state index contributed by atoms with van der Waals surface area (Å²) in [4.78, 5) is 10.7. The number of hydrogen-bond donors (Lipinski definition) is 3. The lowest BCUT2D eigenvalue weighted by molar-refractivity contribution is 0.242. The maximum Gasteiger partial charge on any atom is 0.314 e. The highest BCUT2D eigenvalue weighted by molar-refractivity contribution is 5.73. The molecular weight excluding hydrogens is 170 g/mol. The smallest absolute Gasteiger partial charge is 0.314 e. The van der Waals surface area contributed by atoms with E-state index in [1.54, 1.807) is 24.1 Å². The van der Waals surface area contributed by atoms with Crippen LogP contribution in [0.15, 0.2) is 12.4 Å². The fourth-order valence-electron chi connectivity index (χ4n) is 0.874. The molecule has 0 fully saturated rings. The number of nitrogen functional groups attached to an aromatic ring is 1. The Morgan fingerprint density at radius 1 is 1.77 bits per heavy atom. The molecule has 0 radical (unpaired) electrons. The zero-order chi connectivity index (χ0) is 9.68. The van der Waals surface area contributed by atoms with E-state index in [9.17, 15) is 4.79 Å². The molecule has 0 aliphatic carbocycles. The second kappa shape index (κ2) is 4.34. The van der Waals surface area contributed by atoms with Crippen molar-refractivity contribution < 1.29 is 4.79 Å². The number of nitrogens with zero attached hydrogens (tertiary/aromatic N) is 2. The first kappa shape index (κ1) is 9.37. The van der Waals surface area contributed by atoms with Crippen LogP contribution in [-0.4, -0.2) is 29.4 Å². The van der Waals surface area contributed by atoms with E-state index in [4.69, 9.17) is 5.73 Å². The lowest BCUT2D eigenvalue weighted by Gasteiger charge is -2.03. The summed E-state index contributed by atoms with van der Waals surface area (Å²) in [6.07, 6.45) is 3.28. The van der Waals surface area contributed by atoms with Crippen LogP contribution >= 0.6 is 0 Å². The van der Waals surface area contributed by atoms with Gasteiger partial charge in [-0.25, -0.2) is 4.79 Å². The average Bonchev–Trinajstić information content (AvgIpc) is 2.51. The van der Waals surface area contributed by atoms with Gasteiger partial charge in [-0.2, -0.15) is 5.10 Å². The Morgan fingerprint density at radius 3 is 3.08 bits per heavy atom. The van der Waals surface area contributed by atoms with Crippen LogP contribution in [0.5, 0.6) is 0 Å². The zero-order valence-electron chi connectivity index (χ0n) is 7.45. The molecule has 6 heteroatoms. The molecule has 72 valence electrons. The number of hydrogen-bond acceptors (Lipinski definition) is 3. The van der Waals surface area contributed by atoms with E-state index in [0.717, 1.165) is 0 Å². The van der Waals surface area contributed by atoms with E-state index < -0.39 is 0 Å². The Bertz CT molecular complexity index is 282. The number of rotatable bonds is 3. The predicted molar refractivity (Wildman–Crippen MR) is 49.1 cm³/mol. The van der Waals surface area contributed by atoms with E-state index in [1.807, 2.05) is 0 Å². The molecule has 1 heterocycles. The summed E-state index contributed by atoms with van der Waals surface area (Å²) in [6, 6.07) is -0.194. The molecule has 6 nitrogen and oxygen atoms in total. The van der Waals surface area contributed by atoms with Gasteiger partial charge in [-0.3, -0.25) is 4.68 Å². The third-order valence-corrected chi connectivity index (χ3v) is 1.51. The highest BCUT2D eigenvalue weighted by atomic mass is 16.2. The monoisotopic (exact) mass is 183 g/mol. The van der Waals surface area contributed by atoms with Gasteiger partial charge in [0.05, 0.1) is 18.4 Å². The van der Waals surface area contributed by atoms with Gasteiger partial charge in [0.2, 0.25) is 0 Å². The SMILES string of the molecule is CNC(=O)NCCn1cc(N)cn1. The van der Waals surface area contributed by atoms with Crippen LogP contribution in [0.1, 0.15) is 0 Å². The summed E-state index contributed by atoms with van der Waals surface area (Å²) in [5, 5.41) is 9.05. The largest absolute Gasteiger partial charge is 0.396 e. The lowest BCUT2D eigenvalue weighted by Crippen LogP contribution is -2.34. The van der Waals surface area contributed by atoms with E-state index in [2.05, 4.69) is 15.7 Å². The maximum absolute atomic E-state index is 10.7. The third-order valence-electron chi connectivity index (χ3n) is 1.51. The predicted octanol–water partition coefficient (Wildman–Crippen LogP) is -0.606. The molecule has 0 spiro atoms. The van der Waals surface area contributed by atoms with Crippen LogP contribution < -0.4 is 16.4 Å². The molecule has 4 N–H and O–H groups in total. The number of carbonyl (C=O) groups is 1. The van der Waals surface area contributed by atoms with Crippen molar-refractivity contribution in [3.63, 3.8) is 0 Å². The first-order valence-electron chi connectivity index (χ1n) is 3.96. The van der Waals surface area contributed by atoms with Crippen LogP contribution in [0.25, 0.3) is 0 Å². The van der Waals surface area contributed by atoms with Crippen molar-refractivity contribution in [2.75, 3.05) is 19.3 Å². The Labute approximate surface area is 76.1 Å². The quantitative estimate of drug-likeness (QED) is 0.584.